The van der Waals surface area contributed by atoms with Crippen LogP contribution < -0.4 is 10.6 Å². The van der Waals surface area contributed by atoms with Crippen LogP contribution in [0.15, 0.2) is 42.5 Å². The molecule has 30 heavy (non-hydrogen) atoms. The number of aryl methyl sites for hydroxylation is 1. The number of anilines is 1. The number of carbonyl (C=O) groups is 2. The molecular formula is C22H22F4N2O2. The molecule has 0 spiro atoms. The van der Waals surface area contributed by atoms with Crippen molar-refractivity contribution in [2.45, 2.75) is 44.2 Å². The zero-order valence-electron chi connectivity index (χ0n) is 16.4. The van der Waals surface area contributed by atoms with Crippen LogP contribution in [0.25, 0.3) is 0 Å². The third-order valence-electron chi connectivity index (χ3n) is 5.47. The zero-order chi connectivity index (χ0) is 21.9. The van der Waals surface area contributed by atoms with Crippen LogP contribution in [0.3, 0.4) is 0 Å². The van der Waals surface area contributed by atoms with Crippen molar-refractivity contribution in [3.8, 4) is 0 Å². The van der Waals surface area contributed by atoms with Gasteiger partial charge in [-0.15, -0.1) is 0 Å². The van der Waals surface area contributed by atoms with Crippen LogP contribution >= 0.6 is 0 Å². The standard InChI is InChI=1S/C22H22F4N2O2/c1-14-7-8-15(19(29)27-13-22(24,25)26)11-18(14)28-20(30)21(9-2-3-10-21)16-5-4-6-17(23)12-16/h4-8,11-12H,2-3,9-10,13H2,1H3,(H,27,29)(H,28,30). The minimum absolute atomic E-state index is 0.00591. The smallest absolute Gasteiger partial charge is 0.343 e. The Morgan fingerprint density at radius 3 is 2.40 bits per heavy atom. The summed E-state index contributed by atoms with van der Waals surface area (Å²) < 4.78 is 50.8. The second-order valence-corrected chi connectivity index (χ2v) is 7.58. The van der Waals surface area contributed by atoms with E-state index in [9.17, 15) is 27.2 Å². The third-order valence-corrected chi connectivity index (χ3v) is 5.47. The van der Waals surface area contributed by atoms with E-state index in [0.717, 1.165) is 12.8 Å². The van der Waals surface area contributed by atoms with E-state index in [1.807, 2.05) is 5.32 Å². The molecule has 2 aromatic carbocycles. The van der Waals surface area contributed by atoms with Crippen LogP contribution in [0.1, 0.15) is 47.2 Å². The van der Waals surface area contributed by atoms with E-state index in [2.05, 4.69) is 5.32 Å². The van der Waals surface area contributed by atoms with E-state index < -0.39 is 29.9 Å². The number of rotatable bonds is 5. The molecule has 1 saturated carbocycles. The second kappa shape index (κ2) is 8.45. The van der Waals surface area contributed by atoms with Gasteiger partial charge in [0, 0.05) is 11.3 Å². The molecule has 0 heterocycles. The summed E-state index contributed by atoms with van der Waals surface area (Å²) >= 11 is 0. The van der Waals surface area contributed by atoms with Crippen LogP contribution in [-0.4, -0.2) is 24.5 Å². The number of benzene rings is 2. The maximum atomic E-state index is 13.8. The molecule has 0 saturated heterocycles. The number of hydrogen-bond donors (Lipinski definition) is 2. The first kappa shape index (κ1) is 21.8. The highest BCUT2D eigenvalue weighted by atomic mass is 19.4. The number of halogens is 4. The number of hydrogen-bond acceptors (Lipinski definition) is 2. The van der Waals surface area contributed by atoms with Gasteiger partial charge in [0.25, 0.3) is 5.91 Å². The largest absolute Gasteiger partial charge is 0.405 e. The van der Waals surface area contributed by atoms with E-state index in [4.69, 9.17) is 0 Å². The lowest BCUT2D eigenvalue weighted by Gasteiger charge is -2.29. The summed E-state index contributed by atoms with van der Waals surface area (Å²) in [5.41, 5.74) is 0.703. The van der Waals surface area contributed by atoms with Gasteiger partial charge in [0.15, 0.2) is 0 Å². The topological polar surface area (TPSA) is 58.2 Å². The molecule has 160 valence electrons. The van der Waals surface area contributed by atoms with Crippen molar-refractivity contribution >= 4 is 17.5 Å². The van der Waals surface area contributed by atoms with Gasteiger partial charge in [-0.3, -0.25) is 9.59 Å². The van der Waals surface area contributed by atoms with Gasteiger partial charge < -0.3 is 10.6 Å². The van der Waals surface area contributed by atoms with Crippen molar-refractivity contribution < 1.29 is 27.2 Å². The molecule has 1 aliphatic carbocycles. The normalized spacial score (nSPS) is 15.6. The van der Waals surface area contributed by atoms with E-state index in [0.29, 0.717) is 29.7 Å². The lowest BCUT2D eigenvalue weighted by molar-refractivity contribution is -0.123. The fourth-order valence-corrected chi connectivity index (χ4v) is 3.83. The molecule has 0 aliphatic heterocycles. The Balaban J connectivity index is 1.84. The Morgan fingerprint density at radius 1 is 1.07 bits per heavy atom. The average molecular weight is 422 g/mol. The van der Waals surface area contributed by atoms with Crippen molar-refractivity contribution in [1.82, 2.24) is 5.32 Å². The highest BCUT2D eigenvalue weighted by molar-refractivity contribution is 6.01. The van der Waals surface area contributed by atoms with Gasteiger partial charge in [-0.2, -0.15) is 13.2 Å². The molecule has 0 aromatic heterocycles. The Kier molecular flexibility index (Phi) is 6.14. The molecule has 0 bridgehead atoms. The van der Waals surface area contributed by atoms with Gasteiger partial charge in [-0.05, 0) is 55.2 Å². The van der Waals surface area contributed by atoms with Crippen LogP contribution in [0.4, 0.5) is 23.2 Å². The molecule has 2 aromatic rings. The molecule has 4 nitrogen and oxygen atoms in total. The van der Waals surface area contributed by atoms with E-state index in [1.165, 1.54) is 24.3 Å². The number of alkyl halides is 3. The van der Waals surface area contributed by atoms with E-state index in [1.54, 1.807) is 25.1 Å². The van der Waals surface area contributed by atoms with Gasteiger partial charge in [-0.1, -0.05) is 31.0 Å². The first-order valence-electron chi connectivity index (χ1n) is 9.64. The molecule has 8 heteroatoms. The van der Waals surface area contributed by atoms with Gasteiger partial charge in [0.2, 0.25) is 5.91 Å². The summed E-state index contributed by atoms with van der Waals surface area (Å²) in [7, 11) is 0. The monoisotopic (exact) mass is 422 g/mol. The molecule has 3 rings (SSSR count). The van der Waals surface area contributed by atoms with Crippen molar-refractivity contribution in [2.75, 3.05) is 11.9 Å². The van der Waals surface area contributed by atoms with Crippen molar-refractivity contribution in [1.29, 1.82) is 0 Å². The minimum Gasteiger partial charge on any atom is -0.343 e. The summed E-state index contributed by atoms with van der Waals surface area (Å²) in [5, 5.41) is 4.63. The Hall–Kier alpha value is -2.90. The number of amides is 2. The molecular weight excluding hydrogens is 400 g/mol. The van der Waals surface area contributed by atoms with E-state index >= 15 is 0 Å². The van der Waals surface area contributed by atoms with Gasteiger partial charge in [0.05, 0.1) is 5.41 Å². The van der Waals surface area contributed by atoms with E-state index in [-0.39, 0.29) is 11.5 Å². The molecule has 2 amide bonds. The maximum absolute atomic E-state index is 13.8. The summed E-state index contributed by atoms with van der Waals surface area (Å²) in [6, 6.07) is 10.3. The number of nitrogens with one attached hydrogen (secondary N) is 2. The zero-order valence-corrected chi connectivity index (χ0v) is 16.4. The Labute approximate surface area is 171 Å². The predicted octanol–water partition coefficient (Wildman–Crippen LogP) is 4.88. The molecule has 0 unspecified atom stereocenters. The summed E-state index contributed by atoms with van der Waals surface area (Å²) in [4.78, 5) is 25.3. The van der Waals surface area contributed by atoms with Crippen LogP contribution in [0.5, 0.6) is 0 Å². The fraction of sp³-hybridized carbons (Fsp3) is 0.364. The fourth-order valence-electron chi connectivity index (χ4n) is 3.83. The van der Waals surface area contributed by atoms with Crippen LogP contribution in [0, 0.1) is 12.7 Å². The van der Waals surface area contributed by atoms with Gasteiger partial charge in [-0.25, -0.2) is 4.39 Å². The molecule has 1 fully saturated rings. The summed E-state index contributed by atoms with van der Waals surface area (Å²) in [5.74, 6) is -1.63. The van der Waals surface area contributed by atoms with Crippen molar-refractivity contribution in [2.24, 2.45) is 0 Å². The molecule has 1 aliphatic rings. The van der Waals surface area contributed by atoms with Crippen molar-refractivity contribution in [3.05, 3.63) is 65.0 Å². The quantitative estimate of drug-likeness (QED) is 0.675. The Morgan fingerprint density at radius 2 is 1.77 bits per heavy atom. The summed E-state index contributed by atoms with van der Waals surface area (Å²) in [6.45, 7) is 0.278. The number of carbonyl (C=O) groups excluding carboxylic acids is 2. The van der Waals surface area contributed by atoms with Gasteiger partial charge in [0.1, 0.15) is 12.4 Å². The highest BCUT2D eigenvalue weighted by Crippen LogP contribution is 2.42. The molecule has 2 N–H and O–H groups in total. The first-order chi connectivity index (χ1) is 14.1. The minimum atomic E-state index is -4.52. The first-order valence-corrected chi connectivity index (χ1v) is 9.64. The third kappa shape index (κ3) is 4.80. The maximum Gasteiger partial charge on any atom is 0.405 e. The highest BCUT2D eigenvalue weighted by Gasteiger charge is 2.43. The van der Waals surface area contributed by atoms with Crippen LogP contribution in [0.2, 0.25) is 0 Å². The lowest BCUT2D eigenvalue weighted by Crippen LogP contribution is -2.38. The van der Waals surface area contributed by atoms with Gasteiger partial charge >= 0.3 is 6.18 Å². The van der Waals surface area contributed by atoms with Crippen LogP contribution in [-0.2, 0) is 10.2 Å². The predicted molar refractivity (Wildman–Crippen MR) is 105 cm³/mol. The molecule has 0 atom stereocenters. The Bertz CT molecular complexity index is 950. The molecule has 0 radical (unpaired) electrons. The average Bonchev–Trinajstić information content (AvgIpc) is 3.18. The van der Waals surface area contributed by atoms with Crippen molar-refractivity contribution in [3.63, 3.8) is 0 Å². The summed E-state index contributed by atoms with van der Waals surface area (Å²) in [6.07, 6.45) is -1.75. The second-order valence-electron chi connectivity index (χ2n) is 7.58. The SMILES string of the molecule is Cc1ccc(C(=O)NCC(F)(F)F)cc1NC(=O)C1(c2cccc(F)c2)CCCC1. The lowest BCUT2D eigenvalue weighted by atomic mass is 9.78.